The van der Waals surface area contributed by atoms with Gasteiger partial charge in [-0.05, 0) is 29.5 Å². The first kappa shape index (κ1) is 10.4. The van der Waals surface area contributed by atoms with Crippen LogP contribution in [0.1, 0.15) is 5.56 Å². The first-order chi connectivity index (χ1) is 8.93. The van der Waals surface area contributed by atoms with E-state index in [0.29, 0.717) is 5.95 Å². The Balaban J connectivity index is 1.98. The molecule has 18 heavy (non-hydrogen) atoms. The Morgan fingerprint density at radius 3 is 2.50 bits per heavy atom. The van der Waals surface area contributed by atoms with E-state index in [9.17, 15) is 0 Å². The maximum absolute atomic E-state index is 4.18. The predicted octanol–water partition coefficient (Wildman–Crippen LogP) is 1.49. The Morgan fingerprint density at radius 2 is 1.83 bits per heavy atom. The first-order valence-electron chi connectivity index (χ1n) is 5.47. The van der Waals surface area contributed by atoms with Crippen LogP contribution in [0.5, 0.6) is 0 Å². The van der Waals surface area contributed by atoms with Crippen molar-refractivity contribution in [1.82, 2.24) is 9.97 Å². The molecule has 1 aliphatic heterocycles. The minimum atomic E-state index is 0.648. The van der Waals surface area contributed by atoms with E-state index >= 15 is 0 Å². The summed E-state index contributed by atoms with van der Waals surface area (Å²) in [4.78, 5) is 12.2. The molecule has 0 fully saturated rings. The lowest BCUT2D eigenvalue weighted by molar-refractivity contribution is -0.603. The zero-order valence-corrected chi connectivity index (χ0v) is 9.49. The van der Waals surface area contributed by atoms with Crippen LogP contribution in [-0.2, 0) is 0 Å². The van der Waals surface area contributed by atoms with E-state index in [1.54, 1.807) is 24.7 Å². The highest BCUT2D eigenvalue weighted by molar-refractivity contribution is 5.80. The van der Waals surface area contributed by atoms with Gasteiger partial charge in [-0.3, -0.25) is 0 Å². The fourth-order valence-electron chi connectivity index (χ4n) is 1.62. The first-order valence-corrected chi connectivity index (χ1v) is 5.47. The van der Waals surface area contributed by atoms with Gasteiger partial charge in [0.1, 0.15) is 12.4 Å². The molecular formula is C14H9N4+. The quantitative estimate of drug-likeness (QED) is 0.582. The highest BCUT2D eigenvalue weighted by atomic mass is 15.1. The van der Waals surface area contributed by atoms with Crippen LogP contribution in [0.15, 0.2) is 66.0 Å². The van der Waals surface area contributed by atoms with Gasteiger partial charge in [0.2, 0.25) is 0 Å². The van der Waals surface area contributed by atoms with Crippen molar-refractivity contribution in [2.24, 2.45) is 4.99 Å². The van der Waals surface area contributed by atoms with Crippen molar-refractivity contribution >= 4 is 11.4 Å². The summed E-state index contributed by atoms with van der Waals surface area (Å²) in [5, 5.41) is 0. The fourth-order valence-corrected chi connectivity index (χ4v) is 1.62. The normalized spacial score (nSPS) is 12.6. The number of rotatable bonds is 2. The van der Waals surface area contributed by atoms with E-state index in [1.165, 1.54) is 0 Å². The minimum Gasteiger partial charge on any atom is -0.206 e. The third kappa shape index (κ3) is 2.02. The Bertz CT molecular complexity index is 686. The SMILES string of the molecule is C1=C=C(c2cc[n+](-c3ncccn3)cc2)C=CN=1. The van der Waals surface area contributed by atoms with Crippen molar-refractivity contribution < 1.29 is 4.57 Å². The van der Waals surface area contributed by atoms with Crippen molar-refractivity contribution in [1.29, 1.82) is 0 Å². The maximum atomic E-state index is 4.18. The van der Waals surface area contributed by atoms with E-state index in [1.807, 2.05) is 35.2 Å². The maximum Gasteiger partial charge on any atom is 0.437 e. The lowest BCUT2D eigenvalue weighted by atomic mass is 10.1. The van der Waals surface area contributed by atoms with E-state index in [-0.39, 0.29) is 0 Å². The molecular weight excluding hydrogens is 224 g/mol. The molecule has 0 aromatic carbocycles. The standard InChI is InChI=1S/C14H9N4/c1-6-16-14(17-7-1)18-10-4-13(5-11-18)12-2-8-15-9-3-12/h1-2,4-8,10-11H/q+1. The van der Waals surface area contributed by atoms with E-state index in [0.717, 1.165) is 11.1 Å². The molecule has 0 unspecified atom stereocenters. The van der Waals surface area contributed by atoms with Gasteiger partial charge in [0.25, 0.3) is 0 Å². The summed E-state index contributed by atoms with van der Waals surface area (Å²) >= 11 is 0. The molecule has 4 nitrogen and oxygen atoms in total. The number of nitrogens with zero attached hydrogens (tertiary/aromatic N) is 4. The lowest BCUT2D eigenvalue weighted by Gasteiger charge is -2.00. The monoisotopic (exact) mass is 233 g/mol. The van der Waals surface area contributed by atoms with Crippen LogP contribution in [0, 0.1) is 0 Å². The highest BCUT2D eigenvalue weighted by Crippen LogP contribution is 2.13. The average Bonchev–Trinajstić information content (AvgIpc) is 2.49. The van der Waals surface area contributed by atoms with Crippen molar-refractivity contribution in [2.75, 3.05) is 0 Å². The van der Waals surface area contributed by atoms with Crippen LogP contribution in [0.2, 0.25) is 0 Å². The molecule has 2 aromatic rings. The predicted molar refractivity (Wildman–Crippen MR) is 67.1 cm³/mol. The average molecular weight is 233 g/mol. The molecule has 84 valence electrons. The fraction of sp³-hybridized carbons (Fsp3) is 0. The number of aromatic nitrogens is 3. The van der Waals surface area contributed by atoms with Gasteiger partial charge in [-0.1, -0.05) is 9.97 Å². The van der Waals surface area contributed by atoms with Crippen molar-refractivity contribution in [2.45, 2.75) is 0 Å². The molecule has 0 N–H and O–H groups in total. The summed E-state index contributed by atoms with van der Waals surface area (Å²) in [6.07, 6.45) is 10.9. The van der Waals surface area contributed by atoms with Crippen LogP contribution in [0.3, 0.4) is 0 Å². The van der Waals surface area contributed by atoms with Crippen LogP contribution >= 0.6 is 0 Å². The molecule has 1 aliphatic rings. The van der Waals surface area contributed by atoms with Gasteiger partial charge in [0, 0.05) is 23.7 Å². The minimum absolute atomic E-state index is 0.648. The molecule has 0 radical (unpaired) electrons. The molecule has 0 spiro atoms. The van der Waals surface area contributed by atoms with Gasteiger partial charge < -0.3 is 0 Å². The summed E-state index contributed by atoms with van der Waals surface area (Å²) in [6, 6.07) is 5.76. The van der Waals surface area contributed by atoms with Crippen LogP contribution in [0.4, 0.5) is 0 Å². The zero-order valence-electron chi connectivity index (χ0n) is 9.49. The summed E-state index contributed by atoms with van der Waals surface area (Å²) in [6.45, 7) is 0. The van der Waals surface area contributed by atoms with E-state index < -0.39 is 0 Å². The van der Waals surface area contributed by atoms with Crippen molar-refractivity contribution in [3.8, 4) is 5.95 Å². The summed E-state index contributed by atoms with van der Waals surface area (Å²) in [7, 11) is 0. The second kappa shape index (κ2) is 4.60. The van der Waals surface area contributed by atoms with Gasteiger partial charge in [0.15, 0.2) is 0 Å². The van der Waals surface area contributed by atoms with Crippen LogP contribution < -0.4 is 4.57 Å². The number of aliphatic imine (C=N–C) groups is 1. The zero-order chi connectivity index (χ0) is 12.2. The number of allylic oxidation sites excluding steroid dienone is 2. The molecule has 4 heteroatoms. The van der Waals surface area contributed by atoms with Crippen LogP contribution in [0.25, 0.3) is 11.5 Å². The largest absolute Gasteiger partial charge is 0.437 e. The Labute approximate surface area is 104 Å². The Hall–Kier alpha value is -2.80. The third-order valence-electron chi connectivity index (χ3n) is 2.49. The number of hydrogen-bond acceptors (Lipinski definition) is 3. The van der Waals surface area contributed by atoms with Gasteiger partial charge in [-0.25, -0.2) is 9.56 Å². The Kier molecular flexibility index (Phi) is 2.65. The smallest absolute Gasteiger partial charge is 0.206 e. The van der Waals surface area contributed by atoms with Gasteiger partial charge in [-0.2, -0.15) is 0 Å². The molecule has 0 saturated heterocycles. The molecule has 3 rings (SSSR count). The molecule has 0 atom stereocenters. The topological polar surface area (TPSA) is 42.0 Å². The second-order valence-electron chi connectivity index (χ2n) is 3.64. The Morgan fingerprint density at radius 1 is 1.06 bits per heavy atom. The van der Waals surface area contributed by atoms with Crippen LogP contribution in [-0.4, -0.2) is 15.8 Å². The molecule has 0 bridgehead atoms. The summed E-state index contributed by atoms with van der Waals surface area (Å²) in [5.41, 5.74) is 4.99. The summed E-state index contributed by atoms with van der Waals surface area (Å²) < 4.78 is 1.86. The van der Waals surface area contributed by atoms with E-state index in [4.69, 9.17) is 0 Å². The third-order valence-corrected chi connectivity index (χ3v) is 2.49. The van der Waals surface area contributed by atoms with Crippen molar-refractivity contribution in [3.05, 3.63) is 66.6 Å². The van der Waals surface area contributed by atoms with E-state index in [2.05, 4.69) is 26.6 Å². The van der Waals surface area contributed by atoms with Crippen molar-refractivity contribution in [3.63, 3.8) is 0 Å². The summed E-state index contributed by atoms with van der Waals surface area (Å²) in [5.74, 6) is 3.35. The highest BCUT2D eigenvalue weighted by Gasteiger charge is 2.07. The molecule has 0 saturated carbocycles. The lowest BCUT2D eigenvalue weighted by Crippen LogP contribution is -2.32. The van der Waals surface area contributed by atoms with Gasteiger partial charge in [0.05, 0.1) is 12.4 Å². The van der Waals surface area contributed by atoms with Gasteiger partial charge in [-0.15, -0.1) is 0 Å². The molecule has 0 amide bonds. The molecule has 3 heterocycles. The second-order valence-corrected chi connectivity index (χ2v) is 3.64. The molecule has 2 aromatic heterocycles. The molecule has 0 aliphatic carbocycles. The number of pyridine rings is 1. The van der Waals surface area contributed by atoms with Gasteiger partial charge >= 0.3 is 5.95 Å². The number of hydrogen-bond donors (Lipinski definition) is 0.